The molecule has 19 heavy (non-hydrogen) atoms. The number of halogens is 2. The second-order valence-corrected chi connectivity index (χ2v) is 4.77. The number of alkyl halides is 1. The molecule has 0 spiro atoms. The Morgan fingerprint density at radius 3 is 1.68 bits per heavy atom. The van der Waals surface area contributed by atoms with Gasteiger partial charge in [0.05, 0.1) is 6.04 Å². The van der Waals surface area contributed by atoms with Gasteiger partial charge in [-0.1, -0.05) is 60.7 Å². The van der Waals surface area contributed by atoms with Gasteiger partial charge in [0.25, 0.3) is 0 Å². The first-order valence-electron chi connectivity index (χ1n) is 6.19. The topological polar surface area (TPSA) is 3.24 Å². The normalized spacial score (nSPS) is 10.5. The van der Waals surface area contributed by atoms with Gasteiger partial charge in [0.1, 0.15) is 0 Å². The molecule has 0 radical (unpaired) electrons. The lowest BCUT2D eigenvalue weighted by Crippen LogP contribution is -2.27. The number of hydrogen-bond acceptors (Lipinski definition) is 1. The van der Waals surface area contributed by atoms with Gasteiger partial charge in [-0.05, 0) is 18.2 Å². The molecule has 0 fully saturated rings. The number of rotatable bonds is 5. The van der Waals surface area contributed by atoms with E-state index in [4.69, 9.17) is 11.6 Å². The van der Waals surface area contributed by atoms with E-state index in [0.717, 1.165) is 6.54 Å². The maximum Gasteiger partial charge on any atom is 0.0599 e. The van der Waals surface area contributed by atoms with Crippen LogP contribution in [-0.4, -0.2) is 24.4 Å². The van der Waals surface area contributed by atoms with Gasteiger partial charge < -0.3 is 0 Å². The van der Waals surface area contributed by atoms with Gasteiger partial charge in [0, 0.05) is 12.4 Å². The molecule has 0 unspecified atom stereocenters. The Labute approximate surface area is 126 Å². The molecule has 2 aromatic rings. The molecule has 0 heterocycles. The zero-order valence-corrected chi connectivity index (χ0v) is 12.6. The van der Waals surface area contributed by atoms with E-state index in [0.29, 0.717) is 5.88 Å². The first-order valence-corrected chi connectivity index (χ1v) is 6.72. The van der Waals surface area contributed by atoms with Crippen LogP contribution in [0.15, 0.2) is 60.7 Å². The summed E-state index contributed by atoms with van der Waals surface area (Å²) in [6.45, 7) is 0.871. The van der Waals surface area contributed by atoms with Gasteiger partial charge in [-0.3, -0.25) is 4.90 Å². The lowest BCUT2D eigenvalue weighted by atomic mass is 9.97. The summed E-state index contributed by atoms with van der Waals surface area (Å²) in [5.41, 5.74) is 2.60. The molecule has 0 aliphatic carbocycles. The Bertz CT molecular complexity index is 419. The Morgan fingerprint density at radius 1 is 0.895 bits per heavy atom. The highest BCUT2D eigenvalue weighted by molar-refractivity contribution is 6.18. The van der Waals surface area contributed by atoms with Gasteiger partial charge in [-0.2, -0.15) is 0 Å². The third-order valence-corrected chi connectivity index (χ3v) is 3.28. The molecule has 0 N–H and O–H groups in total. The van der Waals surface area contributed by atoms with Gasteiger partial charge in [-0.15, -0.1) is 24.0 Å². The second-order valence-electron chi connectivity index (χ2n) is 4.39. The van der Waals surface area contributed by atoms with Crippen LogP contribution in [0, 0.1) is 0 Å². The zero-order chi connectivity index (χ0) is 12.8. The van der Waals surface area contributed by atoms with E-state index in [1.807, 2.05) is 12.1 Å². The Morgan fingerprint density at radius 2 is 1.32 bits per heavy atom. The number of nitrogens with zero attached hydrogens (tertiary/aromatic N) is 1. The average molecular weight is 296 g/mol. The average Bonchev–Trinajstić information content (AvgIpc) is 2.42. The van der Waals surface area contributed by atoms with E-state index in [-0.39, 0.29) is 18.4 Å². The van der Waals surface area contributed by atoms with E-state index in [1.54, 1.807) is 0 Å². The second kappa shape index (κ2) is 8.21. The highest BCUT2D eigenvalue weighted by Gasteiger charge is 2.17. The predicted octanol–water partition coefficient (Wildman–Crippen LogP) is 4.37. The third-order valence-electron chi connectivity index (χ3n) is 3.11. The minimum Gasteiger partial charge on any atom is -0.294 e. The summed E-state index contributed by atoms with van der Waals surface area (Å²) in [5, 5.41) is 0. The van der Waals surface area contributed by atoms with Gasteiger partial charge >= 0.3 is 0 Å². The standard InChI is InChI=1S/C16H18ClN.ClH/c1-18(13-12-17)16(14-8-4-2-5-9-14)15-10-6-3-7-11-15;/h2-11,16H,12-13H2,1H3;1H. The fraction of sp³-hybridized carbons (Fsp3) is 0.250. The van der Waals surface area contributed by atoms with Crippen LogP contribution in [-0.2, 0) is 0 Å². The van der Waals surface area contributed by atoms with Gasteiger partial charge in [-0.25, -0.2) is 0 Å². The highest BCUT2D eigenvalue weighted by atomic mass is 35.5. The van der Waals surface area contributed by atoms with Crippen LogP contribution < -0.4 is 0 Å². The minimum absolute atomic E-state index is 0. The van der Waals surface area contributed by atoms with Crippen molar-refractivity contribution < 1.29 is 0 Å². The van der Waals surface area contributed by atoms with Crippen molar-refractivity contribution in [1.82, 2.24) is 4.90 Å². The lowest BCUT2D eigenvalue weighted by molar-refractivity contribution is 0.296. The molecule has 1 nitrogen and oxygen atoms in total. The van der Waals surface area contributed by atoms with E-state index in [2.05, 4.69) is 60.5 Å². The molecular formula is C16H19Cl2N. The van der Waals surface area contributed by atoms with Crippen LogP contribution >= 0.6 is 24.0 Å². The molecule has 0 atom stereocenters. The molecule has 0 bridgehead atoms. The molecule has 3 heteroatoms. The molecule has 2 aromatic carbocycles. The van der Waals surface area contributed by atoms with Crippen molar-refractivity contribution >= 4 is 24.0 Å². The summed E-state index contributed by atoms with van der Waals surface area (Å²) in [5.74, 6) is 0.646. The van der Waals surface area contributed by atoms with Crippen molar-refractivity contribution in [3.05, 3.63) is 71.8 Å². The first-order chi connectivity index (χ1) is 8.83. The molecule has 0 saturated carbocycles. The SMILES string of the molecule is CN(CCCl)C(c1ccccc1)c1ccccc1.Cl. The van der Waals surface area contributed by atoms with E-state index in [9.17, 15) is 0 Å². The smallest absolute Gasteiger partial charge is 0.0599 e. The summed E-state index contributed by atoms with van der Waals surface area (Å²) in [6, 6.07) is 21.4. The lowest BCUT2D eigenvalue weighted by Gasteiger charge is -2.28. The summed E-state index contributed by atoms with van der Waals surface area (Å²) >= 11 is 5.87. The number of benzene rings is 2. The van der Waals surface area contributed by atoms with Crippen LogP contribution in [0.4, 0.5) is 0 Å². The zero-order valence-electron chi connectivity index (χ0n) is 11.0. The van der Waals surface area contributed by atoms with Crippen LogP contribution in [0.5, 0.6) is 0 Å². The largest absolute Gasteiger partial charge is 0.294 e. The van der Waals surface area contributed by atoms with Crippen molar-refractivity contribution in [3.63, 3.8) is 0 Å². The Kier molecular flexibility index (Phi) is 6.93. The van der Waals surface area contributed by atoms with Crippen molar-refractivity contribution in [3.8, 4) is 0 Å². The van der Waals surface area contributed by atoms with Crippen LogP contribution in [0.1, 0.15) is 17.2 Å². The van der Waals surface area contributed by atoms with Crippen LogP contribution in [0.2, 0.25) is 0 Å². The van der Waals surface area contributed by atoms with Crippen LogP contribution in [0.25, 0.3) is 0 Å². The molecule has 2 rings (SSSR count). The van der Waals surface area contributed by atoms with Gasteiger partial charge in [0.15, 0.2) is 0 Å². The third kappa shape index (κ3) is 4.24. The van der Waals surface area contributed by atoms with Crippen molar-refractivity contribution in [2.45, 2.75) is 6.04 Å². The molecule has 0 aliphatic rings. The summed E-state index contributed by atoms with van der Waals surface area (Å²) in [4.78, 5) is 2.29. The van der Waals surface area contributed by atoms with E-state index in [1.165, 1.54) is 11.1 Å². The van der Waals surface area contributed by atoms with Crippen molar-refractivity contribution in [1.29, 1.82) is 0 Å². The molecule has 0 aromatic heterocycles. The first kappa shape index (κ1) is 16.0. The summed E-state index contributed by atoms with van der Waals surface area (Å²) in [7, 11) is 2.12. The Balaban J connectivity index is 0.00000180. The van der Waals surface area contributed by atoms with Gasteiger partial charge in [0.2, 0.25) is 0 Å². The quantitative estimate of drug-likeness (QED) is 0.741. The molecule has 0 amide bonds. The summed E-state index contributed by atoms with van der Waals surface area (Å²) in [6.07, 6.45) is 0. The fourth-order valence-electron chi connectivity index (χ4n) is 2.23. The maximum atomic E-state index is 5.87. The predicted molar refractivity (Wildman–Crippen MR) is 85.3 cm³/mol. The van der Waals surface area contributed by atoms with E-state index < -0.39 is 0 Å². The fourth-order valence-corrected chi connectivity index (χ4v) is 2.50. The monoisotopic (exact) mass is 295 g/mol. The molecule has 0 saturated heterocycles. The minimum atomic E-state index is 0. The van der Waals surface area contributed by atoms with Crippen LogP contribution in [0.3, 0.4) is 0 Å². The maximum absolute atomic E-state index is 5.87. The van der Waals surface area contributed by atoms with E-state index >= 15 is 0 Å². The highest BCUT2D eigenvalue weighted by Crippen LogP contribution is 2.27. The van der Waals surface area contributed by atoms with Crippen molar-refractivity contribution in [2.24, 2.45) is 0 Å². The Hall–Kier alpha value is -1.02. The number of hydrogen-bond donors (Lipinski definition) is 0. The molecule has 0 aliphatic heterocycles. The summed E-state index contributed by atoms with van der Waals surface area (Å²) < 4.78 is 0. The van der Waals surface area contributed by atoms with Crippen molar-refractivity contribution in [2.75, 3.05) is 19.5 Å². The molecule has 102 valence electrons. The molecular weight excluding hydrogens is 277 g/mol.